The van der Waals surface area contributed by atoms with Crippen LogP contribution in [0.1, 0.15) is 42.7 Å². The molecule has 0 aromatic carbocycles. The van der Waals surface area contributed by atoms with Crippen LogP contribution in [0.15, 0.2) is 10.6 Å². The van der Waals surface area contributed by atoms with E-state index >= 15 is 0 Å². The third-order valence-electron chi connectivity index (χ3n) is 2.99. The average Bonchev–Trinajstić information content (AvgIpc) is 2.68. The first-order valence-electron chi connectivity index (χ1n) is 6.69. The van der Waals surface area contributed by atoms with Crippen LogP contribution in [0.3, 0.4) is 0 Å². The molecule has 2 heterocycles. The number of ether oxygens (including phenoxy) is 1. The van der Waals surface area contributed by atoms with Crippen LogP contribution in [0.5, 0.6) is 5.88 Å². The highest BCUT2D eigenvalue weighted by Gasteiger charge is 2.17. The second-order valence-corrected chi connectivity index (χ2v) is 4.68. The third kappa shape index (κ3) is 3.07. The third-order valence-corrected chi connectivity index (χ3v) is 2.99. The van der Waals surface area contributed by atoms with E-state index in [1.165, 1.54) is 0 Å². The molecule has 20 heavy (non-hydrogen) atoms. The lowest BCUT2D eigenvalue weighted by Crippen LogP contribution is -2.11. The molecule has 108 valence electrons. The molecule has 2 aromatic rings. The Morgan fingerprint density at radius 2 is 2.05 bits per heavy atom. The topological polar surface area (TPSA) is 73.1 Å². The minimum Gasteiger partial charge on any atom is -0.478 e. The maximum absolute atomic E-state index is 5.43. The maximum atomic E-state index is 5.43. The molecular weight excluding hydrogens is 256 g/mol. The monoisotopic (exact) mass is 276 g/mol. The Hall–Kier alpha value is -2.11. The summed E-state index contributed by atoms with van der Waals surface area (Å²) < 4.78 is 10.6. The predicted octanol–water partition coefficient (Wildman–Crippen LogP) is 2.96. The van der Waals surface area contributed by atoms with Gasteiger partial charge < -0.3 is 14.6 Å². The zero-order valence-electron chi connectivity index (χ0n) is 12.5. The molecule has 0 saturated carbocycles. The highest BCUT2D eigenvalue weighted by Crippen LogP contribution is 2.25. The van der Waals surface area contributed by atoms with Gasteiger partial charge in [-0.05, 0) is 34.6 Å². The van der Waals surface area contributed by atoms with Gasteiger partial charge in [-0.3, -0.25) is 0 Å². The number of nitrogens with zero attached hydrogens (tertiary/aromatic N) is 3. The van der Waals surface area contributed by atoms with Crippen molar-refractivity contribution in [1.29, 1.82) is 0 Å². The van der Waals surface area contributed by atoms with Crippen molar-refractivity contribution in [3.05, 3.63) is 28.9 Å². The van der Waals surface area contributed by atoms with Gasteiger partial charge in [0.1, 0.15) is 17.4 Å². The lowest BCUT2D eigenvalue weighted by molar-refractivity contribution is 0.325. The fourth-order valence-corrected chi connectivity index (χ4v) is 2.24. The molecule has 6 nitrogen and oxygen atoms in total. The van der Waals surface area contributed by atoms with Gasteiger partial charge in [-0.2, -0.15) is 4.98 Å². The highest BCUT2D eigenvalue weighted by atomic mass is 16.5. The van der Waals surface area contributed by atoms with Crippen LogP contribution in [0.4, 0.5) is 5.82 Å². The smallest absolute Gasteiger partial charge is 0.218 e. The molecule has 0 bridgehead atoms. The quantitative estimate of drug-likeness (QED) is 0.905. The minimum absolute atomic E-state index is 0.0463. The number of hydrogen-bond donors (Lipinski definition) is 1. The van der Waals surface area contributed by atoms with E-state index in [0.29, 0.717) is 18.3 Å². The van der Waals surface area contributed by atoms with Crippen molar-refractivity contribution in [2.75, 3.05) is 11.9 Å². The Kier molecular flexibility index (Phi) is 4.22. The molecule has 0 aliphatic rings. The summed E-state index contributed by atoms with van der Waals surface area (Å²) in [6.07, 6.45) is 0. The van der Waals surface area contributed by atoms with Gasteiger partial charge in [-0.25, -0.2) is 4.98 Å². The van der Waals surface area contributed by atoms with Crippen molar-refractivity contribution in [1.82, 2.24) is 15.1 Å². The molecule has 1 atom stereocenters. The minimum atomic E-state index is 0.0463. The number of anilines is 1. The maximum Gasteiger partial charge on any atom is 0.218 e. The summed E-state index contributed by atoms with van der Waals surface area (Å²) in [5.74, 6) is 2.80. The van der Waals surface area contributed by atoms with Gasteiger partial charge in [0.2, 0.25) is 5.88 Å². The van der Waals surface area contributed by atoms with Crippen LogP contribution in [0, 0.1) is 20.8 Å². The highest BCUT2D eigenvalue weighted by molar-refractivity contribution is 5.42. The zero-order chi connectivity index (χ0) is 14.7. The number of aryl methyl sites for hydroxylation is 3. The molecule has 1 unspecified atom stereocenters. The lowest BCUT2D eigenvalue weighted by atomic mass is 10.1. The summed E-state index contributed by atoms with van der Waals surface area (Å²) in [6.45, 7) is 10.2. The molecule has 0 saturated heterocycles. The Bertz CT molecular complexity index is 575. The summed E-state index contributed by atoms with van der Waals surface area (Å²) >= 11 is 0. The van der Waals surface area contributed by atoms with Crippen molar-refractivity contribution in [3.63, 3.8) is 0 Å². The summed E-state index contributed by atoms with van der Waals surface area (Å²) in [6, 6.07) is 1.84. The van der Waals surface area contributed by atoms with Gasteiger partial charge in [-0.15, -0.1) is 0 Å². The Labute approximate surface area is 118 Å². The summed E-state index contributed by atoms with van der Waals surface area (Å²) in [4.78, 5) is 8.60. The van der Waals surface area contributed by atoms with Gasteiger partial charge in [0.05, 0.1) is 18.3 Å². The van der Waals surface area contributed by atoms with Gasteiger partial charge in [0.25, 0.3) is 0 Å². The molecule has 0 amide bonds. The molecule has 1 N–H and O–H groups in total. The second-order valence-electron chi connectivity index (χ2n) is 4.68. The van der Waals surface area contributed by atoms with Crippen LogP contribution >= 0.6 is 0 Å². The fourth-order valence-electron chi connectivity index (χ4n) is 2.24. The lowest BCUT2D eigenvalue weighted by Gasteiger charge is -2.15. The van der Waals surface area contributed by atoms with E-state index in [9.17, 15) is 0 Å². The van der Waals surface area contributed by atoms with E-state index in [4.69, 9.17) is 9.26 Å². The van der Waals surface area contributed by atoms with E-state index in [2.05, 4.69) is 20.4 Å². The molecule has 2 rings (SSSR count). The van der Waals surface area contributed by atoms with Crippen LogP contribution in [-0.2, 0) is 0 Å². The molecular formula is C14H20N4O2. The fraction of sp³-hybridized carbons (Fsp3) is 0.500. The number of nitrogens with one attached hydrogen (secondary N) is 1. The number of rotatable bonds is 5. The normalized spacial score (nSPS) is 12.2. The first-order chi connectivity index (χ1) is 9.51. The summed E-state index contributed by atoms with van der Waals surface area (Å²) in [5, 5.41) is 7.31. The van der Waals surface area contributed by atoms with E-state index in [-0.39, 0.29) is 6.04 Å². The van der Waals surface area contributed by atoms with E-state index < -0.39 is 0 Å². The van der Waals surface area contributed by atoms with Crippen LogP contribution in [-0.4, -0.2) is 21.7 Å². The number of aromatic nitrogens is 3. The average molecular weight is 276 g/mol. The van der Waals surface area contributed by atoms with Gasteiger partial charge >= 0.3 is 0 Å². The molecule has 0 aliphatic carbocycles. The number of hydrogen-bond acceptors (Lipinski definition) is 6. The van der Waals surface area contributed by atoms with Crippen molar-refractivity contribution in [3.8, 4) is 5.88 Å². The largest absolute Gasteiger partial charge is 0.478 e. The zero-order valence-corrected chi connectivity index (χ0v) is 12.5. The molecule has 0 radical (unpaired) electrons. The Morgan fingerprint density at radius 1 is 1.30 bits per heavy atom. The van der Waals surface area contributed by atoms with Crippen molar-refractivity contribution in [2.45, 2.75) is 40.7 Å². The standard InChI is InChI=1S/C14H20N4O2/c1-6-19-13-7-12(16-11(5)17-13)15-8(2)14-9(3)18-20-10(14)4/h7-8H,6H2,1-5H3,(H,15,16,17). The van der Waals surface area contributed by atoms with Gasteiger partial charge in [0.15, 0.2) is 0 Å². The predicted molar refractivity (Wildman–Crippen MR) is 76.0 cm³/mol. The first-order valence-corrected chi connectivity index (χ1v) is 6.69. The summed E-state index contributed by atoms with van der Waals surface area (Å²) in [5.41, 5.74) is 1.94. The molecule has 0 aliphatic heterocycles. The van der Waals surface area contributed by atoms with Crippen molar-refractivity contribution < 1.29 is 9.26 Å². The SMILES string of the molecule is CCOc1cc(NC(C)c2c(C)noc2C)nc(C)n1. The Morgan fingerprint density at radius 3 is 2.65 bits per heavy atom. The van der Waals surface area contributed by atoms with Gasteiger partial charge in [-0.1, -0.05) is 5.16 Å². The first kappa shape index (κ1) is 14.3. The van der Waals surface area contributed by atoms with Crippen molar-refractivity contribution >= 4 is 5.82 Å². The van der Waals surface area contributed by atoms with Crippen LogP contribution in [0.25, 0.3) is 0 Å². The molecule has 0 spiro atoms. The summed E-state index contributed by atoms with van der Waals surface area (Å²) in [7, 11) is 0. The molecule has 2 aromatic heterocycles. The molecule has 6 heteroatoms. The second kappa shape index (κ2) is 5.90. The van der Waals surface area contributed by atoms with Crippen molar-refractivity contribution in [2.24, 2.45) is 0 Å². The van der Waals surface area contributed by atoms with Gasteiger partial charge in [0, 0.05) is 11.6 Å². The molecule has 0 fully saturated rings. The van der Waals surface area contributed by atoms with E-state index in [1.54, 1.807) is 6.07 Å². The Balaban J connectivity index is 2.21. The van der Waals surface area contributed by atoms with E-state index in [0.717, 1.165) is 22.8 Å². The van der Waals surface area contributed by atoms with E-state index in [1.807, 2.05) is 34.6 Å². The van der Waals surface area contributed by atoms with Crippen LogP contribution < -0.4 is 10.1 Å². The van der Waals surface area contributed by atoms with Crippen LogP contribution in [0.2, 0.25) is 0 Å².